The Morgan fingerprint density at radius 2 is 1.81 bits per heavy atom. The van der Waals surface area contributed by atoms with Gasteiger partial charge in [-0.3, -0.25) is 14.5 Å². The fourth-order valence-corrected chi connectivity index (χ4v) is 4.05. The number of hydrogen-bond donors (Lipinski definition) is 1. The summed E-state index contributed by atoms with van der Waals surface area (Å²) in [7, 11) is 0. The maximum Gasteiger partial charge on any atom is 0.242 e. The van der Waals surface area contributed by atoms with Gasteiger partial charge < -0.3 is 5.32 Å². The van der Waals surface area contributed by atoms with Crippen LogP contribution in [0.4, 0.5) is 11.4 Å². The number of nitrogens with one attached hydrogen (secondary N) is 1. The van der Waals surface area contributed by atoms with E-state index < -0.39 is 5.25 Å². The molecule has 1 atom stereocenters. The third kappa shape index (κ3) is 4.77. The van der Waals surface area contributed by atoms with Crippen molar-refractivity contribution in [2.75, 3.05) is 11.9 Å². The van der Waals surface area contributed by atoms with Gasteiger partial charge in [0.2, 0.25) is 11.8 Å². The van der Waals surface area contributed by atoms with Gasteiger partial charge in [-0.1, -0.05) is 49.0 Å². The fraction of sp³-hybridized carbons (Fsp3) is 0.286. The lowest BCUT2D eigenvalue weighted by molar-refractivity contribution is -0.128. The molecular weight excluding hydrogens is 358 g/mol. The highest BCUT2D eigenvalue weighted by Crippen LogP contribution is 2.31. The van der Waals surface area contributed by atoms with Gasteiger partial charge in [0.25, 0.3) is 0 Å². The predicted molar refractivity (Wildman–Crippen MR) is 111 cm³/mol. The molecule has 1 aliphatic heterocycles. The summed E-state index contributed by atoms with van der Waals surface area (Å²) in [6.07, 6.45) is 1.08. The molecule has 27 heavy (non-hydrogen) atoms. The number of carbonyl (C=O) groups excluding carboxylic acids is 2. The zero-order chi connectivity index (χ0) is 19.2. The third-order valence-electron chi connectivity index (χ3n) is 4.33. The predicted octanol–water partition coefficient (Wildman–Crippen LogP) is 4.23. The highest BCUT2D eigenvalue weighted by molar-refractivity contribution is 8.15. The van der Waals surface area contributed by atoms with Crippen LogP contribution in [-0.4, -0.2) is 33.7 Å². The van der Waals surface area contributed by atoms with Crippen LogP contribution in [0.2, 0.25) is 0 Å². The Morgan fingerprint density at radius 3 is 2.44 bits per heavy atom. The molecule has 1 unspecified atom stereocenters. The average Bonchev–Trinajstić information content (AvgIpc) is 2.97. The monoisotopic (exact) mass is 381 g/mol. The largest absolute Gasteiger partial charge is 0.326 e. The molecule has 2 aromatic carbocycles. The molecular formula is C21H23N3O2S. The number of anilines is 1. The number of carbonyl (C=O) groups is 2. The number of nitrogens with zero attached hydrogens (tertiary/aromatic N) is 2. The minimum absolute atomic E-state index is 0.0614. The summed E-state index contributed by atoms with van der Waals surface area (Å²) in [5.74, 6) is -0.226. The fourth-order valence-electron chi connectivity index (χ4n) is 2.83. The summed E-state index contributed by atoms with van der Waals surface area (Å²) in [6.45, 7) is 4.54. The zero-order valence-electron chi connectivity index (χ0n) is 15.5. The van der Waals surface area contributed by atoms with Crippen LogP contribution in [0.25, 0.3) is 0 Å². The SMILES string of the molecule is CCc1ccc(NC(=O)CC2SC(=Nc3ccccc3)N(CC)C2=O)cc1. The first-order chi connectivity index (χ1) is 13.1. The van der Waals surface area contributed by atoms with Gasteiger partial charge in [-0.05, 0) is 43.2 Å². The van der Waals surface area contributed by atoms with Crippen molar-refractivity contribution in [1.82, 2.24) is 4.90 Å². The molecule has 1 heterocycles. The van der Waals surface area contributed by atoms with Gasteiger partial charge in [0.1, 0.15) is 5.25 Å². The summed E-state index contributed by atoms with van der Waals surface area (Å²) < 4.78 is 0. The molecule has 0 aromatic heterocycles. The second-order valence-corrected chi connectivity index (χ2v) is 7.39. The number of aliphatic imine (C=N–C) groups is 1. The normalized spacial score (nSPS) is 18.1. The van der Waals surface area contributed by atoms with Crippen molar-refractivity contribution in [1.29, 1.82) is 0 Å². The summed E-state index contributed by atoms with van der Waals surface area (Å²) in [6, 6.07) is 17.3. The van der Waals surface area contributed by atoms with E-state index in [0.29, 0.717) is 11.7 Å². The number of benzene rings is 2. The van der Waals surface area contributed by atoms with Crippen LogP contribution in [-0.2, 0) is 16.0 Å². The number of aryl methyl sites for hydroxylation is 1. The van der Waals surface area contributed by atoms with Gasteiger partial charge in [0.15, 0.2) is 5.17 Å². The summed E-state index contributed by atoms with van der Waals surface area (Å²) in [4.78, 5) is 31.3. The molecule has 0 radical (unpaired) electrons. The molecule has 2 aromatic rings. The standard InChI is InChI=1S/C21H23N3O2S/c1-3-15-10-12-17(13-11-15)22-19(25)14-18-20(26)24(4-2)21(27-18)23-16-8-6-5-7-9-16/h5-13,18H,3-4,14H2,1-2H3,(H,22,25). The van der Waals surface area contributed by atoms with E-state index in [-0.39, 0.29) is 18.2 Å². The molecule has 1 saturated heterocycles. The van der Waals surface area contributed by atoms with Crippen molar-refractivity contribution in [2.45, 2.75) is 31.9 Å². The van der Waals surface area contributed by atoms with Crippen molar-refractivity contribution in [3.8, 4) is 0 Å². The average molecular weight is 382 g/mol. The van der Waals surface area contributed by atoms with Crippen molar-refractivity contribution < 1.29 is 9.59 Å². The van der Waals surface area contributed by atoms with Crippen LogP contribution in [0.1, 0.15) is 25.8 Å². The van der Waals surface area contributed by atoms with E-state index in [9.17, 15) is 9.59 Å². The van der Waals surface area contributed by atoms with Crippen molar-refractivity contribution >= 4 is 40.1 Å². The molecule has 0 saturated carbocycles. The molecule has 0 bridgehead atoms. The highest BCUT2D eigenvalue weighted by Gasteiger charge is 2.38. The van der Waals surface area contributed by atoms with Gasteiger partial charge in [0.05, 0.1) is 5.69 Å². The summed E-state index contributed by atoms with van der Waals surface area (Å²) in [5, 5.41) is 3.08. The molecule has 140 valence electrons. The Morgan fingerprint density at radius 1 is 1.11 bits per heavy atom. The Labute approximate surface area is 163 Å². The van der Waals surface area contributed by atoms with Gasteiger partial charge in [0, 0.05) is 18.7 Å². The van der Waals surface area contributed by atoms with Crippen molar-refractivity contribution in [2.24, 2.45) is 4.99 Å². The van der Waals surface area contributed by atoms with Crippen LogP contribution < -0.4 is 5.32 Å². The topological polar surface area (TPSA) is 61.8 Å². The van der Waals surface area contributed by atoms with E-state index in [4.69, 9.17) is 0 Å². The minimum atomic E-state index is -0.442. The first-order valence-corrected chi connectivity index (χ1v) is 9.99. The molecule has 5 nitrogen and oxygen atoms in total. The molecule has 0 aliphatic carbocycles. The van der Waals surface area contributed by atoms with Crippen molar-refractivity contribution in [3.63, 3.8) is 0 Å². The lowest BCUT2D eigenvalue weighted by Gasteiger charge is -2.13. The minimum Gasteiger partial charge on any atom is -0.326 e. The van der Waals surface area contributed by atoms with Gasteiger partial charge in [-0.2, -0.15) is 0 Å². The summed E-state index contributed by atoms with van der Waals surface area (Å²) in [5.41, 5.74) is 2.76. The molecule has 1 aliphatic rings. The van der Waals surface area contributed by atoms with E-state index in [1.807, 2.05) is 61.5 Å². The molecule has 1 fully saturated rings. The van der Waals surface area contributed by atoms with E-state index >= 15 is 0 Å². The van der Waals surface area contributed by atoms with Crippen LogP contribution >= 0.6 is 11.8 Å². The number of hydrogen-bond acceptors (Lipinski definition) is 4. The van der Waals surface area contributed by atoms with Crippen LogP contribution in [0.15, 0.2) is 59.6 Å². The van der Waals surface area contributed by atoms with Crippen LogP contribution in [0.5, 0.6) is 0 Å². The van der Waals surface area contributed by atoms with E-state index in [0.717, 1.165) is 17.8 Å². The van der Waals surface area contributed by atoms with Gasteiger partial charge >= 0.3 is 0 Å². The molecule has 0 spiro atoms. The van der Waals surface area contributed by atoms with E-state index in [2.05, 4.69) is 17.2 Å². The van der Waals surface area contributed by atoms with Crippen LogP contribution in [0.3, 0.4) is 0 Å². The van der Waals surface area contributed by atoms with E-state index in [1.165, 1.54) is 17.3 Å². The van der Waals surface area contributed by atoms with Crippen LogP contribution in [0, 0.1) is 0 Å². The highest BCUT2D eigenvalue weighted by atomic mass is 32.2. The molecule has 1 N–H and O–H groups in total. The van der Waals surface area contributed by atoms with Gasteiger partial charge in [-0.25, -0.2) is 4.99 Å². The molecule has 6 heteroatoms. The first kappa shape index (κ1) is 19.2. The molecule has 3 rings (SSSR count). The second kappa shape index (κ2) is 8.86. The Kier molecular flexibility index (Phi) is 6.29. The lowest BCUT2D eigenvalue weighted by atomic mass is 10.1. The molecule has 2 amide bonds. The van der Waals surface area contributed by atoms with Crippen molar-refractivity contribution in [3.05, 3.63) is 60.2 Å². The number of amidine groups is 1. The second-order valence-electron chi connectivity index (χ2n) is 6.22. The zero-order valence-corrected chi connectivity index (χ0v) is 16.3. The smallest absolute Gasteiger partial charge is 0.242 e. The van der Waals surface area contributed by atoms with Gasteiger partial charge in [-0.15, -0.1) is 0 Å². The summed E-state index contributed by atoms with van der Waals surface area (Å²) >= 11 is 1.36. The maximum atomic E-state index is 12.7. The Balaban J connectivity index is 1.66. The number of amides is 2. The Bertz CT molecular complexity index is 834. The van der Waals surface area contributed by atoms with E-state index in [1.54, 1.807) is 4.90 Å². The number of thioether (sulfide) groups is 1. The lowest BCUT2D eigenvalue weighted by Crippen LogP contribution is -2.33. The quantitative estimate of drug-likeness (QED) is 0.814. The first-order valence-electron chi connectivity index (χ1n) is 9.11. The number of para-hydroxylation sites is 1. The number of rotatable bonds is 6. The third-order valence-corrected chi connectivity index (χ3v) is 5.51. The Hall–Kier alpha value is -2.60. The maximum absolute atomic E-state index is 12.7.